The van der Waals surface area contributed by atoms with Gasteiger partial charge in [-0.1, -0.05) is 19.9 Å². The van der Waals surface area contributed by atoms with Gasteiger partial charge in [0.15, 0.2) is 0 Å². The Morgan fingerprint density at radius 3 is 2.71 bits per heavy atom. The van der Waals surface area contributed by atoms with E-state index >= 15 is 0 Å². The van der Waals surface area contributed by atoms with E-state index in [1.165, 1.54) is 11.6 Å². The summed E-state index contributed by atoms with van der Waals surface area (Å²) in [6.45, 7) is 4.31. The highest BCUT2D eigenvalue weighted by atomic mass is 19.1. The number of fused-ring (bicyclic) bond motifs is 1. The minimum absolute atomic E-state index is 0.00523. The van der Waals surface area contributed by atoms with Crippen molar-refractivity contribution in [1.82, 2.24) is 0 Å². The summed E-state index contributed by atoms with van der Waals surface area (Å²) in [4.78, 5) is 0. The third-order valence-electron chi connectivity index (χ3n) is 3.45. The molecule has 1 aliphatic carbocycles. The van der Waals surface area contributed by atoms with E-state index in [4.69, 9.17) is 5.73 Å². The Hall–Kier alpha value is -0.890. The molecule has 0 aromatic heterocycles. The van der Waals surface area contributed by atoms with Crippen LogP contribution in [-0.4, -0.2) is 0 Å². The van der Waals surface area contributed by atoms with E-state index in [-0.39, 0.29) is 11.9 Å². The third kappa shape index (κ3) is 1.25. The molecule has 14 heavy (non-hydrogen) atoms. The Balaban J connectivity index is 2.50. The van der Waals surface area contributed by atoms with Crippen molar-refractivity contribution in [2.24, 2.45) is 11.7 Å². The molecular formula is C12H16FN. The predicted octanol–water partition coefficient (Wildman–Crippen LogP) is 2.97. The van der Waals surface area contributed by atoms with Gasteiger partial charge in [0.1, 0.15) is 5.82 Å². The second kappa shape index (κ2) is 3.35. The fourth-order valence-electron chi connectivity index (χ4n) is 2.58. The molecule has 0 aliphatic heterocycles. The topological polar surface area (TPSA) is 26.0 Å². The molecule has 3 atom stereocenters. The van der Waals surface area contributed by atoms with Crippen LogP contribution >= 0.6 is 0 Å². The van der Waals surface area contributed by atoms with Gasteiger partial charge in [-0.3, -0.25) is 0 Å². The van der Waals surface area contributed by atoms with Crippen molar-refractivity contribution in [1.29, 1.82) is 0 Å². The molecule has 0 fully saturated rings. The monoisotopic (exact) mass is 193 g/mol. The summed E-state index contributed by atoms with van der Waals surface area (Å²) in [7, 11) is 0. The Kier molecular flexibility index (Phi) is 2.31. The Bertz CT molecular complexity index is 348. The van der Waals surface area contributed by atoms with Gasteiger partial charge >= 0.3 is 0 Å². The Morgan fingerprint density at radius 1 is 1.36 bits per heavy atom. The molecule has 2 rings (SSSR count). The molecule has 2 N–H and O–H groups in total. The zero-order valence-electron chi connectivity index (χ0n) is 8.63. The van der Waals surface area contributed by atoms with Crippen molar-refractivity contribution in [3.05, 3.63) is 35.1 Å². The molecule has 0 spiro atoms. The summed E-state index contributed by atoms with van der Waals surface area (Å²) in [5, 5.41) is 0. The lowest BCUT2D eigenvalue weighted by atomic mass is 9.91. The second-order valence-electron chi connectivity index (χ2n) is 4.17. The Morgan fingerprint density at radius 2 is 2.07 bits per heavy atom. The SMILES string of the molecule is CCC1c2ccc(F)cc2C(N)C1C. The van der Waals surface area contributed by atoms with Gasteiger partial charge < -0.3 is 5.73 Å². The van der Waals surface area contributed by atoms with Crippen molar-refractivity contribution >= 4 is 0 Å². The molecule has 0 bridgehead atoms. The maximum absolute atomic E-state index is 13.0. The van der Waals surface area contributed by atoms with Crippen LogP contribution in [-0.2, 0) is 0 Å². The van der Waals surface area contributed by atoms with Crippen molar-refractivity contribution < 1.29 is 4.39 Å². The van der Waals surface area contributed by atoms with Crippen molar-refractivity contribution in [3.8, 4) is 0 Å². The van der Waals surface area contributed by atoms with Crippen LogP contribution in [0.25, 0.3) is 0 Å². The van der Waals surface area contributed by atoms with Crippen LogP contribution in [0.5, 0.6) is 0 Å². The number of rotatable bonds is 1. The van der Waals surface area contributed by atoms with Gasteiger partial charge in [-0.15, -0.1) is 0 Å². The number of halogens is 1. The van der Waals surface area contributed by atoms with E-state index in [2.05, 4.69) is 13.8 Å². The smallest absolute Gasteiger partial charge is 0.123 e. The van der Waals surface area contributed by atoms with Crippen LogP contribution < -0.4 is 5.73 Å². The molecule has 1 aromatic rings. The van der Waals surface area contributed by atoms with E-state index in [1.807, 2.05) is 6.07 Å². The van der Waals surface area contributed by atoms with Crippen molar-refractivity contribution in [3.63, 3.8) is 0 Å². The quantitative estimate of drug-likeness (QED) is 0.729. The zero-order chi connectivity index (χ0) is 10.3. The van der Waals surface area contributed by atoms with Crippen molar-refractivity contribution in [2.45, 2.75) is 32.2 Å². The molecule has 2 heteroatoms. The molecule has 1 aromatic carbocycles. The van der Waals surface area contributed by atoms with Crippen LogP contribution in [0, 0.1) is 11.7 Å². The van der Waals surface area contributed by atoms with Gasteiger partial charge in [0.25, 0.3) is 0 Å². The fraction of sp³-hybridized carbons (Fsp3) is 0.500. The van der Waals surface area contributed by atoms with Crippen molar-refractivity contribution in [2.75, 3.05) is 0 Å². The second-order valence-corrected chi connectivity index (χ2v) is 4.17. The van der Waals surface area contributed by atoms with E-state index < -0.39 is 0 Å². The molecule has 1 nitrogen and oxygen atoms in total. The summed E-state index contributed by atoms with van der Waals surface area (Å²) < 4.78 is 13.0. The first kappa shape index (κ1) is 9.66. The van der Waals surface area contributed by atoms with E-state index in [1.54, 1.807) is 6.07 Å². The minimum Gasteiger partial charge on any atom is -0.324 e. The number of hydrogen-bond acceptors (Lipinski definition) is 1. The average molecular weight is 193 g/mol. The molecule has 0 radical (unpaired) electrons. The number of nitrogens with two attached hydrogens (primary N) is 1. The van der Waals surface area contributed by atoms with E-state index in [0.29, 0.717) is 11.8 Å². The van der Waals surface area contributed by atoms with E-state index in [0.717, 1.165) is 12.0 Å². The molecular weight excluding hydrogens is 177 g/mol. The van der Waals surface area contributed by atoms with Gasteiger partial charge in [0, 0.05) is 6.04 Å². The minimum atomic E-state index is -0.178. The normalized spacial score (nSPS) is 30.4. The first-order chi connectivity index (χ1) is 6.65. The standard InChI is InChI=1S/C12H16FN/c1-3-9-7(2)12(14)11-6-8(13)4-5-10(9)11/h4-7,9,12H,3,14H2,1-2H3. The highest BCUT2D eigenvalue weighted by Gasteiger charge is 2.34. The molecule has 0 amide bonds. The molecule has 0 saturated heterocycles. The third-order valence-corrected chi connectivity index (χ3v) is 3.45. The zero-order valence-corrected chi connectivity index (χ0v) is 8.63. The maximum atomic E-state index is 13.0. The predicted molar refractivity (Wildman–Crippen MR) is 55.5 cm³/mol. The maximum Gasteiger partial charge on any atom is 0.123 e. The largest absolute Gasteiger partial charge is 0.324 e. The number of benzene rings is 1. The van der Waals surface area contributed by atoms with Crippen LogP contribution in [0.2, 0.25) is 0 Å². The van der Waals surface area contributed by atoms with Gasteiger partial charge in [-0.25, -0.2) is 4.39 Å². The summed E-state index contributed by atoms with van der Waals surface area (Å²) in [6, 6.07) is 5.02. The lowest BCUT2D eigenvalue weighted by Gasteiger charge is -2.16. The first-order valence-electron chi connectivity index (χ1n) is 5.20. The average Bonchev–Trinajstić information content (AvgIpc) is 2.41. The van der Waals surface area contributed by atoms with Gasteiger partial charge in [-0.2, -0.15) is 0 Å². The molecule has 76 valence electrons. The summed E-state index contributed by atoms with van der Waals surface area (Å²) >= 11 is 0. The summed E-state index contributed by atoms with van der Waals surface area (Å²) in [5.74, 6) is 0.751. The lowest BCUT2D eigenvalue weighted by Crippen LogP contribution is -2.15. The highest BCUT2D eigenvalue weighted by molar-refractivity contribution is 5.39. The Labute approximate surface area is 84.1 Å². The first-order valence-corrected chi connectivity index (χ1v) is 5.20. The molecule has 0 heterocycles. The fourth-order valence-corrected chi connectivity index (χ4v) is 2.58. The van der Waals surface area contributed by atoms with Gasteiger partial charge in [0.2, 0.25) is 0 Å². The highest BCUT2D eigenvalue weighted by Crippen LogP contribution is 2.45. The van der Waals surface area contributed by atoms with Gasteiger partial charge in [-0.05, 0) is 41.5 Å². The van der Waals surface area contributed by atoms with Crippen LogP contribution in [0.15, 0.2) is 18.2 Å². The van der Waals surface area contributed by atoms with Crippen LogP contribution in [0.1, 0.15) is 43.4 Å². The van der Waals surface area contributed by atoms with Gasteiger partial charge in [0.05, 0.1) is 0 Å². The molecule has 3 unspecified atom stereocenters. The van der Waals surface area contributed by atoms with E-state index in [9.17, 15) is 4.39 Å². The number of hydrogen-bond donors (Lipinski definition) is 1. The summed E-state index contributed by atoms with van der Waals surface area (Å²) in [6.07, 6.45) is 1.08. The van der Waals surface area contributed by atoms with Crippen LogP contribution in [0.3, 0.4) is 0 Å². The lowest BCUT2D eigenvalue weighted by molar-refractivity contribution is 0.421. The summed E-state index contributed by atoms with van der Waals surface area (Å²) in [5.41, 5.74) is 8.31. The van der Waals surface area contributed by atoms with Crippen LogP contribution in [0.4, 0.5) is 4.39 Å². The molecule has 1 aliphatic rings. The molecule has 0 saturated carbocycles.